The highest BCUT2D eigenvalue weighted by Gasteiger charge is 1.88. The fourth-order valence-corrected chi connectivity index (χ4v) is 0.821. The van der Waals surface area contributed by atoms with Crippen molar-refractivity contribution >= 4 is 10.9 Å². The molecule has 0 aliphatic rings. The van der Waals surface area contributed by atoms with E-state index in [0.29, 0.717) is 0 Å². The zero-order valence-electron chi connectivity index (χ0n) is 5.20. The van der Waals surface area contributed by atoms with Crippen LogP contribution in [-0.4, -0.2) is 9.97 Å². The van der Waals surface area contributed by atoms with Gasteiger partial charge in [0.2, 0.25) is 0 Å². The molecule has 0 spiro atoms. The van der Waals surface area contributed by atoms with E-state index in [1.165, 1.54) is 0 Å². The molecule has 1 aromatic carbocycles. The second kappa shape index (κ2) is 2.06. The first-order chi connectivity index (χ1) is 4.97. The van der Waals surface area contributed by atoms with Gasteiger partial charge >= 0.3 is 0 Å². The van der Waals surface area contributed by atoms with Gasteiger partial charge in [0, 0.05) is 11.6 Å². The largest absolute Gasteiger partial charge is 0.233 e. The molecule has 1 aromatic heterocycles. The van der Waals surface area contributed by atoms with Crippen LogP contribution in [0.4, 0.5) is 0 Å². The number of fused-ring (bicyclic) bond motifs is 1. The smallest absolute Gasteiger partial charge is 0.198 e. The molecule has 0 bridgehead atoms. The van der Waals surface area contributed by atoms with Crippen molar-refractivity contribution in [2.24, 2.45) is 0 Å². The Balaban J connectivity index is 2.89. The number of rotatable bonds is 0. The molecule has 0 N–H and O–H groups in total. The van der Waals surface area contributed by atoms with Gasteiger partial charge in [-0.1, -0.05) is 6.07 Å². The first-order valence-corrected chi connectivity index (χ1v) is 2.96. The third-order valence-corrected chi connectivity index (χ3v) is 1.30. The molecule has 1 heterocycles. The number of nitrogens with zero attached hydrogens (tertiary/aromatic N) is 2. The summed E-state index contributed by atoms with van der Waals surface area (Å²) in [4.78, 5) is 7.68. The van der Waals surface area contributed by atoms with Crippen molar-refractivity contribution in [1.82, 2.24) is 9.97 Å². The average molecular weight is 128 g/mol. The fourth-order valence-electron chi connectivity index (χ4n) is 0.821. The van der Waals surface area contributed by atoms with Gasteiger partial charge in [-0.2, -0.15) is 0 Å². The molecule has 46 valence electrons. The average Bonchev–Trinajstić information content (AvgIpc) is 2.05. The van der Waals surface area contributed by atoms with E-state index in [2.05, 4.69) is 22.4 Å². The molecule has 2 rings (SSSR count). The summed E-state index contributed by atoms with van der Waals surface area (Å²) in [6.07, 6.45) is 4.24. The Morgan fingerprint density at radius 3 is 3.30 bits per heavy atom. The highest BCUT2D eigenvalue weighted by atomic mass is 14.8. The van der Waals surface area contributed by atoms with Crippen LogP contribution in [-0.2, 0) is 0 Å². The predicted octanol–water partition coefficient (Wildman–Crippen LogP) is 1.23. The molecule has 0 saturated heterocycles. The van der Waals surface area contributed by atoms with Crippen LogP contribution in [0.2, 0.25) is 0 Å². The lowest BCUT2D eigenvalue weighted by Crippen LogP contribution is -1.78. The first-order valence-electron chi connectivity index (χ1n) is 2.96. The van der Waals surface area contributed by atoms with Crippen molar-refractivity contribution < 1.29 is 0 Å². The summed E-state index contributed by atoms with van der Waals surface area (Å²) in [5.74, 6) is 0. The Bertz CT molecular complexity index is 278. The zero-order chi connectivity index (χ0) is 6.81. The summed E-state index contributed by atoms with van der Waals surface area (Å²) in [5.41, 5.74) is 0.911. The van der Waals surface area contributed by atoms with Crippen LogP contribution >= 0.6 is 0 Å². The van der Waals surface area contributed by atoms with Gasteiger partial charge in [-0.15, -0.1) is 0 Å². The van der Waals surface area contributed by atoms with Crippen LogP contribution in [0.5, 0.6) is 0 Å². The Kier molecular flexibility index (Phi) is 1.10. The summed E-state index contributed by atoms with van der Waals surface area (Å²) in [6.45, 7) is 0. The highest BCUT2D eigenvalue weighted by Crippen LogP contribution is 2.05. The number of hydrogen-bond acceptors (Lipinski definition) is 2. The van der Waals surface area contributed by atoms with Gasteiger partial charge in [0.15, 0.2) is 6.33 Å². The van der Waals surface area contributed by atoms with Crippen molar-refractivity contribution in [1.29, 1.82) is 0 Å². The van der Waals surface area contributed by atoms with Crippen molar-refractivity contribution in [3.8, 4) is 0 Å². The van der Waals surface area contributed by atoms with Gasteiger partial charge < -0.3 is 0 Å². The lowest BCUT2D eigenvalue weighted by molar-refractivity contribution is 1.20. The Hall–Kier alpha value is -1.44. The minimum atomic E-state index is 0.911. The van der Waals surface area contributed by atoms with Crippen LogP contribution in [0, 0.1) is 12.4 Å². The minimum Gasteiger partial charge on any atom is -0.233 e. The molecule has 0 aliphatic heterocycles. The standard InChI is InChI=1S/C8H4N2/c1-2-4-8-7(3-1)5-9-6-10-8/h2-5H. The molecular weight excluding hydrogens is 124 g/mol. The van der Waals surface area contributed by atoms with Crippen LogP contribution in [0.3, 0.4) is 0 Å². The minimum absolute atomic E-state index is 0.911. The summed E-state index contributed by atoms with van der Waals surface area (Å²) < 4.78 is 0. The van der Waals surface area contributed by atoms with E-state index >= 15 is 0 Å². The van der Waals surface area contributed by atoms with E-state index in [0.717, 1.165) is 10.9 Å². The van der Waals surface area contributed by atoms with E-state index in [1.54, 1.807) is 6.20 Å². The molecule has 2 heteroatoms. The zero-order valence-corrected chi connectivity index (χ0v) is 5.20. The molecule has 0 unspecified atom stereocenters. The predicted molar refractivity (Wildman–Crippen MR) is 37.2 cm³/mol. The lowest BCUT2D eigenvalue weighted by Gasteiger charge is -1.89. The molecule has 2 radical (unpaired) electrons. The molecule has 2 aromatic rings. The van der Waals surface area contributed by atoms with E-state index in [9.17, 15) is 0 Å². The number of benzene rings is 1. The van der Waals surface area contributed by atoms with Crippen molar-refractivity contribution in [2.75, 3.05) is 0 Å². The van der Waals surface area contributed by atoms with E-state index in [1.807, 2.05) is 18.2 Å². The van der Waals surface area contributed by atoms with Crippen molar-refractivity contribution in [2.45, 2.75) is 0 Å². The third-order valence-electron chi connectivity index (χ3n) is 1.30. The van der Waals surface area contributed by atoms with Gasteiger partial charge in [0.25, 0.3) is 0 Å². The highest BCUT2D eigenvalue weighted by molar-refractivity contribution is 5.76. The van der Waals surface area contributed by atoms with E-state index in [-0.39, 0.29) is 0 Å². The van der Waals surface area contributed by atoms with Gasteiger partial charge in [-0.3, -0.25) is 0 Å². The molecular formula is C8H4N2. The Morgan fingerprint density at radius 1 is 1.40 bits per heavy atom. The fraction of sp³-hybridized carbons (Fsp3) is 0. The maximum absolute atomic E-state index is 3.93. The normalized spacial score (nSPS) is 10.0. The SMILES string of the molecule is [c]1ccc2n[c]ncc2c1. The van der Waals surface area contributed by atoms with Gasteiger partial charge in [0.05, 0.1) is 5.52 Å². The monoisotopic (exact) mass is 128 g/mol. The quantitative estimate of drug-likeness (QED) is 0.533. The summed E-state index contributed by atoms with van der Waals surface area (Å²) in [7, 11) is 0. The first kappa shape index (κ1) is 5.35. The summed E-state index contributed by atoms with van der Waals surface area (Å²) in [6, 6.07) is 8.50. The summed E-state index contributed by atoms with van der Waals surface area (Å²) >= 11 is 0. The summed E-state index contributed by atoms with van der Waals surface area (Å²) in [5, 5.41) is 1.00. The molecule has 0 atom stereocenters. The maximum atomic E-state index is 3.93. The topological polar surface area (TPSA) is 25.8 Å². The third kappa shape index (κ3) is 0.739. The van der Waals surface area contributed by atoms with E-state index in [4.69, 9.17) is 0 Å². The van der Waals surface area contributed by atoms with Crippen LogP contribution in [0.1, 0.15) is 0 Å². The van der Waals surface area contributed by atoms with Crippen LogP contribution < -0.4 is 0 Å². The van der Waals surface area contributed by atoms with Gasteiger partial charge in [0.1, 0.15) is 0 Å². The Labute approximate surface area is 58.6 Å². The van der Waals surface area contributed by atoms with Crippen molar-refractivity contribution in [3.63, 3.8) is 0 Å². The van der Waals surface area contributed by atoms with Gasteiger partial charge in [-0.25, -0.2) is 9.97 Å². The lowest BCUT2D eigenvalue weighted by atomic mass is 10.2. The van der Waals surface area contributed by atoms with Crippen LogP contribution in [0.25, 0.3) is 10.9 Å². The van der Waals surface area contributed by atoms with Crippen LogP contribution in [0.15, 0.2) is 24.4 Å². The molecule has 2 nitrogen and oxygen atoms in total. The second-order valence-electron chi connectivity index (χ2n) is 1.95. The number of aromatic nitrogens is 2. The Morgan fingerprint density at radius 2 is 2.40 bits per heavy atom. The molecule has 0 fully saturated rings. The molecule has 10 heavy (non-hydrogen) atoms. The second-order valence-corrected chi connectivity index (χ2v) is 1.95. The maximum Gasteiger partial charge on any atom is 0.198 e. The molecule has 0 aliphatic carbocycles. The molecule has 0 amide bonds. The molecule has 0 saturated carbocycles. The van der Waals surface area contributed by atoms with E-state index < -0.39 is 0 Å². The number of hydrogen-bond donors (Lipinski definition) is 0. The van der Waals surface area contributed by atoms with Crippen molar-refractivity contribution in [3.05, 3.63) is 36.8 Å². The van der Waals surface area contributed by atoms with Gasteiger partial charge in [-0.05, 0) is 18.2 Å².